The molecular formula is C14H11Br2F2N. The van der Waals surface area contributed by atoms with Crippen LogP contribution in [-0.2, 0) is 0 Å². The molecule has 2 aromatic carbocycles. The zero-order chi connectivity index (χ0) is 14.0. The van der Waals surface area contributed by atoms with E-state index in [2.05, 4.69) is 37.2 Å². The highest BCUT2D eigenvalue weighted by Gasteiger charge is 2.10. The zero-order valence-corrected chi connectivity index (χ0v) is 13.2. The lowest BCUT2D eigenvalue weighted by Gasteiger charge is -2.17. The van der Waals surface area contributed by atoms with Crippen LogP contribution in [0.15, 0.2) is 45.3 Å². The Hall–Kier alpha value is -0.940. The molecule has 0 saturated carbocycles. The van der Waals surface area contributed by atoms with Crippen molar-refractivity contribution in [3.8, 4) is 0 Å². The minimum absolute atomic E-state index is 0.138. The van der Waals surface area contributed by atoms with Crippen LogP contribution in [0.4, 0.5) is 14.5 Å². The van der Waals surface area contributed by atoms with Crippen molar-refractivity contribution in [2.45, 2.75) is 13.0 Å². The maximum absolute atomic E-state index is 13.6. The molecule has 2 rings (SSSR count). The molecule has 19 heavy (non-hydrogen) atoms. The van der Waals surface area contributed by atoms with E-state index in [1.165, 1.54) is 12.1 Å². The molecule has 1 N–H and O–H groups in total. The number of nitrogens with one attached hydrogen (secondary N) is 1. The lowest BCUT2D eigenvalue weighted by atomic mass is 10.1. The molecule has 5 heteroatoms. The molecule has 100 valence electrons. The number of hydrogen-bond acceptors (Lipinski definition) is 1. The van der Waals surface area contributed by atoms with Crippen LogP contribution in [0.2, 0.25) is 0 Å². The summed E-state index contributed by atoms with van der Waals surface area (Å²) in [4.78, 5) is 0. The molecule has 0 fully saturated rings. The highest BCUT2D eigenvalue weighted by Crippen LogP contribution is 2.27. The van der Waals surface area contributed by atoms with Crippen LogP contribution in [0.1, 0.15) is 18.5 Å². The third-order valence-corrected chi connectivity index (χ3v) is 3.85. The number of rotatable bonds is 3. The van der Waals surface area contributed by atoms with Crippen molar-refractivity contribution in [2.24, 2.45) is 0 Å². The quantitative estimate of drug-likeness (QED) is 0.712. The zero-order valence-electron chi connectivity index (χ0n) is 10.1. The van der Waals surface area contributed by atoms with Gasteiger partial charge in [0.15, 0.2) is 0 Å². The van der Waals surface area contributed by atoms with Crippen LogP contribution in [0, 0.1) is 11.6 Å². The van der Waals surface area contributed by atoms with E-state index in [1.54, 1.807) is 24.3 Å². The van der Waals surface area contributed by atoms with E-state index in [1.807, 2.05) is 6.92 Å². The van der Waals surface area contributed by atoms with E-state index in [0.29, 0.717) is 10.2 Å². The second-order valence-corrected chi connectivity index (χ2v) is 5.93. The van der Waals surface area contributed by atoms with Crippen LogP contribution in [0.5, 0.6) is 0 Å². The Labute approximate surface area is 127 Å². The molecule has 0 amide bonds. The SMILES string of the molecule is CC(Nc1cc(Br)ccc1F)c1ccc(F)c(Br)c1. The lowest BCUT2D eigenvalue weighted by molar-refractivity contribution is 0.618. The van der Waals surface area contributed by atoms with Gasteiger partial charge in [-0.3, -0.25) is 0 Å². The van der Waals surface area contributed by atoms with Crippen molar-refractivity contribution >= 4 is 37.5 Å². The molecule has 0 aliphatic rings. The first kappa shape index (κ1) is 14.5. The molecule has 0 radical (unpaired) electrons. The molecular weight excluding hydrogens is 380 g/mol. The molecule has 0 saturated heterocycles. The minimum atomic E-state index is -0.323. The summed E-state index contributed by atoms with van der Waals surface area (Å²) in [6.45, 7) is 1.89. The largest absolute Gasteiger partial charge is 0.376 e. The first-order chi connectivity index (χ1) is 8.97. The summed E-state index contributed by atoms with van der Waals surface area (Å²) in [5, 5.41) is 3.07. The predicted octanol–water partition coefficient (Wildman–Crippen LogP) is 5.66. The highest BCUT2D eigenvalue weighted by atomic mass is 79.9. The van der Waals surface area contributed by atoms with Gasteiger partial charge in [-0.05, 0) is 58.7 Å². The summed E-state index contributed by atoms with van der Waals surface area (Å²) >= 11 is 6.44. The molecule has 1 atom stereocenters. The van der Waals surface area contributed by atoms with Gasteiger partial charge in [-0.2, -0.15) is 0 Å². The lowest BCUT2D eigenvalue weighted by Crippen LogP contribution is -2.08. The van der Waals surface area contributed by atoms with Crippen molar-refractivity contribution in [1.82, 2.24) is 0 Å². The molecule has 1 nitrogen and oxygen atoms in total. The van der Waals surface area contributed by atoms with E-state index in [4.69, 9.17) is 0 Å². The molecule has 0 bridgehead atoms. The Bertz CT molecular complexity index is 602. The maximum atomic E-state index is 13.6. The van der Waals surface area contributed by atoms with Gasteiger partial charge in [0.05, 0.1) is 10.2 Å². The van der Waals surface area contributed by atoms with E-state index >= 15 is 0 Å². The van der Waals surface area contributed by atoms with Gasteiger partial charge in [0, 0.05) is 10.5 Å². The van der Waals surface area contributed by atoms with Crippen LogP contribution in [0.25, 0.3) is 0 Å². The Morgan fingerprint density at radius 3 is 2.37 bits per heavy atom. The Morgan fingerprint density at radius 2 is 1.68 bits per heavy atom. The summed E-state index contributed by atoms with van der Waals surface area (Å²) in [6, 6.07) is 9.30. The average Bonchev–Trinajstić information content (AvgIpc) is 2.37. The maximum Gasteiger partial charge on any atom is 0.146 e. The summed E-state index contributed by atoms with van der Waals surface area (Å²) in [6.07, 6.45) is 0. The second kappa shape index (κ2) is 6.01. The summed E-state index contributed by atoms with van der Waals surface area (Å²) < 4.78 is 28.0. The topological polar surface area (TPSA) is 12.0 Å². The van der Waals surface area contributed by atoms with Gasteiger partial charge < -0.3 is 5.32 Å². The molecule has 0 spiro atoms. The van der Waals surface area contributed by atoms with Crippen molar-refractivity contribution in [1.29, 1.82) is 0 Å². The third-order valence-electron chi connectivity index (χ3n) is 2.74. The highest BCUT2D eigenvalue weighted by molar-refractivity contribution is 9.10. The van der Waals surface area contributed by atoms with Crippen LogP contribution >= 0.6 is 31.9 Å². The molecule has 0 aromatic heterocycles. The number of halogens is 4. The first-order valence-electron chi connectivity index (χ1n) is 5.64. The standard InChI is InChI=1S/C14H11Br2F2N/c1-8(9-2-4-12(17)11(16)6-9)19-14-7-10(15)3-5-13(14)18/h2-8,19H,1H3. The first-order valence-corrected chi connectivity index (χ1v) is 7.22. The van der Waals surface area contributed by atoms with Gasteiger partial charge in [0.25, 0.3) is 0 Å². The number of benzene rings is 2. The van der Waals surface area contributed by atoms with Gasteiger partial charge in [-0.25, -0.2) is 8.78 Å². The molecule has 2 aromatic rings. The normalized spacial score (nSPS) is 12.3. The second-order valence-electron chi connectivity index (χ2n) is 4.16. The smallest absolute Gasteiger partial charge is 0.146 e. The average molecular weight is 391 g/mol. The summed E-state index contributed by atoms with van der Waals surface area (Å²) in [7, 11) is 0. The predicted molar refractivity (Wildman–Crippen MR) is 80.2 cm³/mol. The third kappa shape index (κ3) is 3.54. The van der Waals surface area contributed by atoms with Gasteiger partial charge in [0.1, 0.15) is 11.6 Å². The van der Waals surface area contributed by atoms with Crippen molar-refractivity contribution < 1.29 is 8.78 Å². The van der Waals surface area contributed by atoms with Gasteiger partial charge in [-0.15, -0.1) is 0 Å². The fourth-order valence-corrected chi connectivity index (χ4v) is 2.46. The van der Waals surface area contributed by atoms with Crippen molar-refractivity contribution in [3.05, 3.63) is 62.5 Å². The fraction of sp³-hybridized carbons (Fsp3) is 0.143. The molecule has 0 aliphatic carbocycles. The van der Waals surface area contributed by atoms with E-state index in [0.717, 1.165) is 10.0 Å². The van der Waals surface area contributed by atoms with E-state index < -0.39 is 0 Å². The van der Waals surface area contributed by atoms with Gasteiger partial charge >= 0.3 is 0 Å². The molecule has 0 heterocycles. The Kier molecular flexibility index (Phi) is 4.58. The van der Waals surface area contributed by atoms with Gasteiger partial charge in [-0.1, -0.05) is 22.0 Å². The van der Waals surface area contributed by atoms with Crippen molar-refractivity contribution in [3.63, 3.8) is 0 Å². The van der Waals surface area contributed by atoms with Gasteiger partial charge in [0.2, 0.25) is 0 Å². The molecule has 0 aliphatic heterocycles. The van der Waals surface area contributed by atoms with Crippen LogP contribution in [-0.4, -0.2) is 0 Å². The van der Waals surface area contributed by atoms with Crippen LogP contribution in [0.3, 0.4) is 0 Å². The minimum Gasteiger partial charge on any atom is -0.376 e. The van der Waals surface area contributed by atoms with E-state index in [9.17, 15) is 8.78 Å². The van der Waals surface area contributed by atoms with Crippen LogP contribution < -0.4 is 5.32 Å². The van der Waals surface area contributed by atoms with Crippen molar-refractivity contribution in [2.75, 3.05) is 5.32 Å². The summed E-state index contributed by atoms with van der Waals surface area (Å²) in [5.74, 6) is -0.638. The fourth-order valence-electron chi connectivity index (χ4n) is 1.71. The number of hydrogen-bond donors (Lipinski definition) is 1. The Morgan fingerprint density at radius 1 is 1.00 bits per heavy atom. The molecule has 1 unspecified atom stereocenters. The summed E-state index contributed by atoms with van der Waals surface area (Å²) in [5.41, 5.74) is 1.27. The van der Waals surface area contributed by atoms with E-state index in [-0.39, 0.29) is 17.7 Å². The monoisotopic (exact) mass is 389 g/mol. The number of anilines is 1. The Balaban J connectivity index is 2.22.